The van der Waals surface area contributed by atoms with Gasteiger partial charge in [-0.1, -0.05) is 45.9 Å². The maximum Gasteiger partial charge on any atom is 0.231 e. The highest BCUT2D eigenvalue weighted by atomic mass is 16.2. The Morgan fingerprint density at radius 2 is 1.71 bits per heavy atom. The molecular formula is C21H26N2O. The number of hydrogen-bond acceptors (Lipinski definition) is 1. The molecule has 2 heterocycles. The van der Waals surface area contributed by atoms with Gasteiger partial charge in [-0.3, -0.25) is 4.79 Å². The van der Waals surface area contributed by atoms with Crippen molar-refractivity contribution < 1.29 is 4.79 Å². The number of nitrogens with zero attached hydrogens (tertiary/aromatic N) is 2. The molecule has 0 N–H and O–H groups in total. The van der Waals surface area contributed by atoms with Gasteiger partial charge >= 0.3 is 0 Å². The molecule has 126 valence electrons. The van der Waals surface area contributed by atoms with Gasteiger partial charge in [-0.2, -0.15) is 0 Å². The van der Waals surface area contributed by atoms with Crippen LogP contribution in [0.4, 0.5) is 5.69 Å². The SMILES string of the molecule is Cn1ccc2c1Cc1ccccc1N(C(=O)C1C(C)(C)C1(C)C)C2. The Hall–Kier alpha value is -2.03. The molecule has 1 aromatic heterocycles. The summed E-state index contributed by atoms with van der Waals surface area (Å²) in [7, 11) is 2.09. The molecule has 1 saturated carbocycles. The fraction of sp³-hybridized carbons (Fsp3) is 0.476. The van der Waals surface area contributed by atoms with E-state index in [0.29, 0.717) is 6.54 Å². The van der Waals surface area contributed by atoms with E-state index in [2.05, 4.69) is 69.8 Å². The van der Waals surface area contributed by atoms with Crippen molar-refractivity contribution in [3.05, 3.63) is 53.3 Å². The number of para-hydroxylation sites is 1. The number of carbonyl (C=O) groups excluding carboxylic acids is 1. The molecule has 1 aliphatic carbocycles. The fourth-order valence-electron chi connectivity index (χ4n) is 4.52. The number of aryl methyl sites for hydroxylation is 1. The third-order valence-corrected chi connectivity index (χ3v) is 6.80. The Balaban J connectivity index is 1.79. The van der Waals surface area contributed by atoms with E-state index in [1.54, 1.807) is 0 Å². The number of aromatic nitrogens is 1. The van der Waals surface area contributed by atoms with Crippen LogP contribution in [-0.4, -0.2) is 10.5 Å². The molecule has 1 fully saturated rings. The summed E-state index contributed by atoms with van der Waals surface area (Å²) < 4.78 is 2.19. The molecule has 0 spiro atoms. The number of rotatable bonds is 1. The maximum absolute atomic E-state index is 13.4. The zero-order chi connectivity index (χ0) is 17.3. The van der Waals surface area contributed by atoms with Crippen LogP contribution in [0.25, 0.3) is 0 Å². The first kappa shape index (κ1) is 15.5. The van der Waals surface area contributed by atoms with Gasteiger partial charge in [0.1, 0.15) is 0 Å². The number of carbonyl (C=O) groups is 1. The van der Waals surface area contributed by atoms with Crippen LogP contribution in [0.3, 0.4) is 0 Å². The van der Waals surface area contributed by atoms with Crippen molar-refractivity contribution in [2.24, 2.45) is 23.8 Å². The molecule has 1 aliphatic heterocycles. The van der Waals surface area contributed by atoms with E-state index < -0.39 is 0 Å². The maximum atomic E-state index is 13.4. The number of benzene rings is 1. The molecule has 1 amide bonds. The van der Waals surface area contributed by atoms with Crippen LogP contribution in [0.1, 0.15) is 44.5 Å². The predicted molar refractivity (Wildman–Crippen MR) is 96.9 cm³/mol. The highest BCUT2D eigenvalue weighted by Crippen LogP contribution is 2.69. The molecule has 0 atom stereocenters. The first-order valence-corrected chi connectivity index (χ1v) is 8.77. The summed E-state index contributed by atoms with van der Waals surface area (Å²) in [6, 6.07) is 10.5. The summed E-state index contributed by atoms with van der Waals surface area (Å²) in [5, 5.41) is 0. The molecule has 0 unspecified atom stereocenters. The van der Waals surface area contributed by atoms with Gasteiger partial charge in [0.05, 0.1) is 6.54 Å². The van der Waals surface area contributed by atoms with Crippen molar-refractivity contribution in [3.63, 3.8) is 0 Å². The van der Waals surface area contributed by atoms with Gasteiger partial charge in [-0.25, -0.2) is 0 Å². The minimum atomic E-state index is 0.0604. The quantitative estimate of drug-likeness (QED) is 0.774. The topological polar surface area (TPSA) is 25.2 Å². The molecule has 2 aliphatic rings. The average molecular weight is 322 g/mol. The second-order valence-electron chi connectivity index (χ2n) is 8.50. The zero-order valence-corrected chi connectivity index (χ0v) is 15.3. The van der Waals surface area contributed by atoms with Crippen molar-refractivity contribution in [2.45, 2.75) is 40.7 Å². The Morgan fingerprint density at radius 3 is 2.38 bits per heavy atom. The van der Waals surface area contributed by atoms with Crippen molar-refractivity contribution in [1.82, 2.24) is 4.57 Å². The number of amides is 1. The summed E-state index contributed by atoms with van der Waals surface area (Å²) in [5.74, 6) is 0.359. The predicted octanol–water partition coefficient (Wildman–Crippen LogP) is 4.14. The highest BCUT2D eigenvalue weighted by Gasteiger charge is 2.69. The lowest BCUT2D eigenvalue weighted by molar-refractivity contribution is -0.121. The lowest BCUT2D eigenvalue weighted by atomic mass is 10.0. The summed E-state index contributed by atoms with van der Waals surface area (Å²) in [6.07, 6.45) is 2.99. The summed E-state index contributed by atoms with van der Waals surface area (Å²) in [4.78, 5) is 15.5. The number of fused-ring (bicyclic) bond motifs is 2. The van der Waals surface area contributed by atoms with Gasteiger partial charge in [0.2, 0.25) is 5.91 Å². The van der Waals surface area contributed by atoms with Crippen molar-refractivity contribution in [1.29, 1.82) is 0 Å². The first-order chi connectivity index (χ1) is 11.2. The van der Waals surface area contributed by atoms with Crippen LogP contribution in [0, 0.1) is 16.7 Å². The Bertz CT molecular complexity index is 814. The largest absolute Gasteiger partial charge is 0.354 e. The second-order valence-corrected chi connectivity index (χ2v) is 8.50. The van der Waals surface area contributed by atoms with Crippen LogP contribution in [0.5, 0.6) is 0 Å². The Labute approximate surface area is 144 Å². The van der Waals surface area contributed by atoms with Crippen molar-refractivity contribution >= 4 is 11.6 Å². The minimum absolute atomic E-state index is 0.0604. The molecule has 4 rings (SSSR count). The van der Waals surface area contributed by atoms with Gasteiger partial charge < -0.3 is 9.47 Å². The van der Waals surface area contributed by atoms with Gasteiger partial charge in [-0.15, -0.1) is 0 Å². The van der Waals surface area contributed by atoms with Crippen LogP contribution < -0.4 is 4.90 Å². The smallest absolute Gasteiger partial charge is 0.231 e. The molecule has 3 heteroatoms. The van der Waals surface area contributed by atoms with Gasteiger partial charge in [0.25, 0.3) is 0 Å². The summed E-state index contributed by atoms with van der Waals surface area (Å²) >= 11 is 0. The lowest BCUT2D eigenvalue weighted by Crippen LogP contribution is -2.33. The third-order valence-electron chi connectivity index (χ3n) is 6.80. The van der Waals surface area contributed by atoms with E-state index in [9.17, 15) is 4.79 Å². The molecule has 0 saturated heterocycles. The van der Waals surface area contributed by atoms with Gasteiger partial charge in [0.15, 0.2) is 0 Å². The van der Waals surface area contributed by atoms with Gasteiger partial charge in [-0.05, 0) is 34.1 Å². The third kappa shape index (κ3) is 1.93. The first-order valence-electron chi connectivity index (χ1n) is 8.77. The average Bonchev–Trinajstić information content (AvgIpc) is 2.81. The molecular weight excluding hydrogens is 296 g/mol. The van der Waals surface area contributed by atoms with Crippen LogP contribution in [0.15, 0.2) is 36.5 Å². The molecule has 3 nitrogen and oxygen atoms in total. The molecule has 0 bridgehead atoms. The monoisotopic (exact) mass is 322 g/mol. The standard InChI is InChI=1S/C21H26N2O/c1-20(2)18(21(20,3)4)19(24)23-13-15-10-11-22(5)17(15)12-14-8-6-7-9-16(14)23/h6-11,18H,12-13H2,1-5H3. The molecule has 1 aromatic carbocycles. The van der Waals surface area contributed by atoms with Crippen LogP contribution in [-0.2, 0) is 24.8 Å². The highest BCUT2D eigenvalue weighted by molar-refractivity contribution is 5.99. The van der Waals surface area contributed by atoms with E-state index in [4.69, 9.17) is 0 Å². The summed E-state index contributed by atoms with van der Waals surface area (Å²) in [6.45, 7) is 9.54. The molecule has 2 aromatic rings. The van der Waals surface area contributed by atoms with Crippen LogP contribution in [0.2, 0.25) is 0 Å². The Kier molecular flexibility index (Phi) is 3.07. The zero-order valence-electron chi connectivity index (χ0n) is 15.3. The molecule has 0 radical (unpaired) electrons. The minimum Gasteiger partial charge on any atom is -0.354 e. The Morgan fingerprint density at radius 1 is 1.04 bits per heavy atom. The second kappa shape index (κ2) is 4.75. The van der Waals surface area contributed by atoms with Crippen molar-refractivity contribution in [2.75, 3.05) is 4.90 Å². The van der Waals surface area contributed by atoms with Crippen LogP contribution >= 0.6 is 0 Å². The van der Waals surface area contributed by atoms with E-state index in [0.717, 1.165) is 12.1 Å². The summed E-state index contributed by atoms with van der Waals surface area (Å²) in [5.41, 5.74) is 5.01. The fourth-order valence-corrected chi connectivity index (χ4v) is 4.52. The van der Waals surface area contributed by atoms with Crippen molar-refractivity contribution in [3.8, 4) is 0 Å². The number of hydrogen-bond donors (Lipinski definition) is 0. The van der Waals surface area contributed by atoms with E-state index >= 15 is 0 Å². The van der Waals surface area contributed by atoms with E-state index in [1.807, 2.05) is 11.0 Å². The normalized spacial score (nSPS) is 21.0. The van der Waals surface area contributed by atoms with E-state index in [1.165, 1.54) is 16.8 Å². The van der Waals surface area contributed by atoms with Gasteiger partial charge in [0, 0.05) is 37.0 Å². The molecule has 24 heavy (non-hydrogen) atoms. The lowest BCUT2D eigenvalue weighted by Gasteiger charge is -2.24. The van der Waals surface area contributed by atoms with E-state index in [-0.39, 0.29) is 22.7 Å². The number of anilines is 1.